The summed E-state index contributed by atoms with van der Waals surface area (Å²) in [6, 6.07) is 0. The van der Waals surface area contributed by atoms with Crippen LogP contribution in [0, 0.1) is 11.8 Å². The van der Waals surface area contributed by atoms with Crippen molar-refractivity contribution >= 4 is 5.91 Å². The van der Waals surface area contributed by atoms with E-state index in [4.69, 9.17) is 0 Å². The Bertz CT molecular complexity index is 167. The van der Waals surface area contributed by atoms with Gasteiger partial charge < -0.3 is 10.2 Å². The van der Waals surface area contributed by atoms with E-state index >= 15 is 0 Å². The molecule has 1 N–H and O–H groups in total. The zero-order chi connectivity index (χ0) is 11.1. The first-order chi connectivity index (χ1) is 6.43. The zero-order valence-electron chi connectivity index (χ0n) is 10.1. The molecule has 0 radical (unpaired) electrons. The average Bonchev–Trinajstić information content (AvgIpc) is 2.02. The SMILES string of the molecule is CC(C)CN(C)CCNC(=O)C(C)C. The molecule has 0 aliphatic carbocycles. The first kappa shape index (κ1) is 13.4. The molecule has 84 valence electrons. The molecule has 14 heavy (non-hydrogen) atoms. The molecule has 0 aromatic heterocycles. The molecule has 0 aliphatic rings. The predicted molar refractivity (Wildman–Crippen MR) is 60.2 cm³/mol. The largest absolute Gasteiger partial charge is 0.355 e. The van der Waals surface area contributed by atoms with Gasteiger partial charge in [0.05, 0.1) is 0 Å². The zero-order valence-corrected chi connectivity index (χ0v) is 10.1. The lowest BCUT2D eigenvalue weighted by Gasteiger charge is -2.19. The summed E-state index contributed by atoms with van der Waals surface area (Å²) in [5.41, 5.74) is 0. The van der Waals surface area contributed by atoms with Gasteiger partial charge in [-0.1, -0.05) is 27.7 Å². The third-order valence-electron chi connectivity index (χ3n) is 1.99. The van der Waals surface area contributed by atoms with E-state index in [1.807, 2.05) is 13.8 Å². The number of carbonyl (C=O) groups is 1. The highest BCUT2D eigenvalue weighted by atomic mass is 16.1. The molecule has 0 aromatic rings. The Labute approximate surface area is 87.9 Å². The van der Waals surface area contributed by atoms with Crippen molar-refractivity contribution in [3.05, 3.63) is 0 Å². The van der Waals surface area contributed by atoms with Crippen molar-refractivity contribution in [1.29, 1.82) is 0 Å². The quantitative estimate of drug-likeness (QED) is 0.702. The van der Waals surface area contributed by atoms with E-state index in [1.54, 1.807) is 0 Å². The van der Waals surface area contributed by atoms with Crippen LogP contribution in [0.3, 0.4) is 0 Å². The van der Waals surface area contributed by atoms with E-state index in [-0.39, 0.29) is 11.8 Å². The minimum Gasteiger partial charge on any atom is -0.355 e. The summed E-state index contributed by atoms with van der Waals surface area (Å²) in [4.78, 5) is 13.5. The van der Waals surface area contributed by atoms with Crippen molar-refractivity contribution in [3.8, 4) is 0 Å². The summed E-state index contributed by atoms with van der Waals surface area (Å²) < 4.78 is 0. The number of likely N-dealkylation sites (N-methyl/N-ethyl adjacent to an activating group) is 1. The van der Waals surface area contributed by atoms with E-state index < -0.39 is 0 Å². The minimum absolute atomic E-state index is 0.0883. The topological polar surface area (TPSA) is 32.3 Å². The van der Waals surface area contributed by atoms with Crippen molar-refractivity contribution in [2.75, 3.05) is 26.7 Å². The third-order valence-corrected chi connectivity index (χ3v) is 1.99. The molecule has 1 amide bonds. The molecule has 0 rings (SSSR count). The molecule has 0 spiro atoms. The van der Waals surface area contributed by atoms with Crippen LogP contribution >= 0.6 is 0 Å². The second-order valence-corrected chi connectivity index (χ2v) is 4.60. The molecule has 3 nitrogen and oxygen atoms in total. The Kier molecular flexibility index (Phi) is 6.54. The van der Waals surface area contributed by atoms with Crippen molar-refractivity contribution < 1.29 is 4.79 Å². The summed E-state index contributed by atoms with van der Waals surface area (Å²) in [6.45, 7) is 11.0. The van der Waals surface area contributed by atoms with Crippen LogP contribution in [-0.2, 0) is 4.79 Å². The van der Waals surface area contributed by atoms with Crippen molar-refractivity contribution in [2.45, 2.75) is 27.7 Å². The first-order valence-corrected chi connectivity index (χ1v) is 5.39. The van der Waals surface area contributed by atoms with Gasteiger partial charge in [-0.05, 0) is 13.0 Å². The van der Waals surface area contributed by atoms with Crippen molar-refractivity contribution in [2.24, 2.45) is 11.8 Å². The summed E-state index contributed by atoms with van der Waals surface area (Å²) >= 11 is 0. The Morgan fingerprint density at radius 2 is 1.86 bits per heavy atom. The fourth-order valence-electron chi connectivity index (χ4n) is 1.29. The summed E-state index contributed by atoms with van der Waals surface area (Å²) in [6.07, 6.45) is 0. The van der Waals surface area contributed by atoms with Gasteiger partial charge in [-0.2, -0.15) is 0 Å². The lowest BCUT2D eigenvalue weighted by molar-refractivity contribution is -0.124. The second kappa shape index (κ2) is 6.82. The molecule has 0 aliphatic heterocycles. The molecule has 0 heterocycles. The van der Waals surface area contributed by atoms with Gasteiger partial charge >= 0.3 is 0 Å². The number of rotatable bonds is 6. The van der Waals surface area contributed by atoms with Crippen LogP contribution in [0.4, 0.5) is 0 Å². The summed E-state index contributed by atoms with van der Waals surface area (Å²) in [5.74, 6) is 0.911. The van der Waals surface area contributed by atoms with Crippen molar-refractivity contribution in [3.63, 3.8) is 0 Å². The number of nitrogens with one attached hydrogen (secondary N) is 1. The van der Waals surface area contributed by atoms with Gasteiger partial charge in [-0.25, -0.2) is 0 Å². The first-order valence-electron chi connectivity index (χ1n) is 5.39. The normalized spacial score (nSPS) is 11.4. The van der Waals surface area contributed by atoms with Crippen LogP contribution in [0.1, 0.15) is 27.7 Å². The Morgan fingerprint density at radius 3 is 2.29 bits per heavy atom. The number of carbonyl (C=O) groups excluding carboxylic acids is 1. The minimum atomic E-state index is 0.0883. The van der Waals surface area contributed by atoms with Crippen LogP contribution < -0.4 is 5.32 Å². The lowest BCUT2D eigenvalue weighted by Crippen LogP contribution is -2.36. The number of amides is 1. The number of nitrogens with zero attached hydrogens (tertiary/aromatic N) is 1. The molecule has 0 atom stereocenters. The molecular weight excluding hydrogens is 176 g/mol. The Balaban J connectivity index is 3.49. The maximum Gasteiger partial charge on any atom is 0.222 e. The van der Waals surface area contributed by atoms with Crippen LogP contribution in [0.25, 0.3) is 0 Å². The second-order valence-electron chi connectivity index (χ2n) is 4.60. The number of hydrogen-bond acceptors (Lipinski definition) is 2. The number of hydrogen-bond donors (Lipinski definition) is 1. The molecule has 0 fully saturated rings. The summed E-state index contributed by atoms with van der Waals surface area (Å²) in [7, 11) is 2.08. The van der Waals surface area contributed by atoms with Gasteiger partial charge in [0, 0.05) is 25.6 Å². The third kappa shape index (κ3) is 6.89. The highest BCUT2D eigenvalue weighted by Gasteiger charge is 2.06. The maximum atomic E-state index is 11.2. The smallest absolute Gasteiger partial charge is 0.222 e. The Morgan fingerprint density at radius 1 is 1.29 bits per heavy atom. The van der Waals surface area contributed by atoms with E-state index in [1.165, 1.54) is 0 Å². The van der Waals surface area contributed by atoms with Gasteiger partial charge in [0.1, 0.15) is 0 Å². The molecule has 0 saturated carbocycles. The monoisotopic (exact) mass is 200 g/mol. The fourth-order valence-corrected chi connectivity index (χ4v) is 1.29. The molecule has 0 saturated heterocycles. The van der Waals surface area contributed by atoms with Gasteiger partial charge in [0.15, 0.2) is 0 Å². The highest BCUT2D eigenvalue weighted by Crippen LogP contribution is 1.95. The van der Waals surface area contributed by atoms with Gasteiger partial charge in [-0.15, -0.1) is 0 Å². The van der Waals surface area contributed by atoms with Crippen LogP contribution in [-0.4, -0.2) is 37.5 Å². The van der Waals surface area contributed by atoms with E-state index in [2.05, 4.69) is 31.1 Å². The van der Waals surface area contributed by atoms with E-state index in [0.717, 1.165) is 19.6 Å². The van der Waals surface area contributed by atoms with Gasteiger partial charge in [0.2, 0.25) is 5.91 Å². The van der Waals surface area contributed by atoms with Crippen LogP contribution in [0.5, 0.6) is 0 Å². The fraction of sp³-hybridized carbons (Fsp3) is 0.909. The maximum absolute atomic E-state index is 11.2. The molecule has 0 aromatic carbocycles. The predicted octanol–water partition coefficient (Wildman–Crippen LogP) is 1.35. The standard InChI is InChI=1S/C11H24N2O/c1-9(2)8-13(5)7-6-12-11(14)10(3)4/h9-10H,6-8H2,1-5H3,(H,12,14). The lowest BCUT2D eigenvalue weighted by atomic mass is 10.2. The molecule has 3 heteroatoms. The van der Waals surface area contributed by atoms with E-state index in [0.29, 0.717) is 5.92 Å². The highest BCUT2D eigenvalue weighted by molar-refractivity contribution is 5.77. The van der Waals surface area contributed by atoms with Crippen LogP contribution in [0.15, 0.2) is 0 Å². The average molecular weight is 200 g/mol. The molecule has 0 unspecified atom stereocenters. The Hall–Kier alpha value is -0.570. The molecular formula is C11H24N2O. The van der Waals surface area contributed by atoms with Gasteiger partial charge in [0.25, 0.3) is 0 Å². The molecule has 0 bridgehead atoms. The van der Waals surface area contributed by atoms with Crippen LogP contribution in [0.2, 0.25) is 0 Å². The summed E-state index contributed by atoms with van der Waals surface area (Å²) in [5, 5.41) is 2.91. The van der Waals surface area contributed by atoms with E-state index in [9.17, 15) is 4.79 Å². The van der Waals surface area contributed by atoms with Crippen molar-refractivity contribution in [1.82, 2.24) is 10.2 Å². The van der Waals surface area contributed by atoms with Gasteiger partial charge in [-0.3, -0.25) is 4.79 Å².